The minimum Gasteiger partial charge on any atom is -0.497 e. The number of anilines is 2. The molecule has 0 bridgehead atoms. The van der Waals surface area contributed by atoms with Gasteiger partial charge in [0.1, 0.15) is 11.5 Å². The van der Waals surface area contributed by atoms with Gasteiger partial charge in [-0.2, -0.15) is 0 Å². The summed E-state index contributed by atoms with van der Waals surface area (Å²) in [5.41, 5.74) is 1.77. The number of hydrogen-bond donors (Lipinski definition) is 1. The predicted octanol–water partition coefficient (Wildman–Crippen LogP) is 3.40. The monoisotopic (exact) mass is 399 g/mol. The van der Waals surface area contributed by atoms with E-state index in [4.69, 9.17) is 9.47 Å². The van der Waals surface area contributed by atoms with Gasteiger partial charge in [-0.05, 0) is 37.2 Å². The van der Waals surface area contributed by atoms with Gasteiger partial charge in [0.15, 0.2) is 0 Å². The Hall–Kier alpha value is -2.93. The van der Waals surface area contributed by atoms with Gasteiger partial charge in [0.05, 0.1) is 19.9 Å². The Morgan fingerprint density at radius 3 is 2.48 bits per heavy atom. The number of rotatable bonds is 8. The molecule has 0 saturated carbocycles. The number of piperazine rings is 1. The van der Waals surface area contributed by atoms with Crippen molar-refractivity contribution in [3.8, 4) is 11.5 Å². The predicted molar refractivity (Wildman–Crippen MR) is 115 cm³/mol. The van der Waals surface area contributed by atoms with Crippen LogP contribution in [0.3, 0.4) is 0 Å². The van der Waals surface area contributed by atoms with Gasteiger partial charge in [0.25, 0.3) is 0 Å². The fraction of sp³-hybridized carbons (Fsp3) is 0.409. The summed E-state index contributed by atoms with van der Waals surface area (Å²) in [5.74, 6) is 1.44. The van der Waals surface area contributed by atoms with E-state index >= 15 is 0 Å². The molecule has 1 fully saturated rings. The quantitative estimate of drug-likeness (QED) is 0.734. The molecule has 0 aliphatic carbocycles. The maximum atomic E-state index is 11.7. The van der Waals surface area contributed by atoms with Crippen LogP contribution < -0.4 is 19.3 Å². The van der Waals surface area contributed by atoms with Crippen LogP contribution in [-0.4, -0.2) is 69.6 Å². The smallest absolute Gasteiger partial charge is 0.411 e. The SMILES string of the molecule is COc1cccc(N2CCN(CCCN(C(=O)O)c3ccccc3OC)CC2)c1. The van der Waals surface area contributed by atoms with E-state index in [9.17, 15) is 9.90 Å². The maximum Gasteiger partial charge on any atom is 0.411 e. The van der Waals surface area contributed by atoms with Gasteiger partial charge in [-0.1, -0.05) is 18.2 Å². The molecule has 2 aromatic rings. The first-order chi connectivity index (χ1) is 14.1. The summed E-state index contributed by atoms with van der Waals surface area (Å²) in [6.07, 6.45) is -0.193. The van der Waals surface area contributed by atoms with Crippen molar-refractivity contribution in [2.75, 3.05) is 63.3 Å². The molecule has 0 aromatic heterocycles. The highest BCUT2D eigenvalue weighted by molar-refractivity contribution is 5.88. The number of carbonyl (C=O) groups is 1. The third-order valence-electron chi connectivity index (χ3n) is 5.25. The number of hydrogen-bond acceptors (Lipinski definition) is 5. The number of amides is 1. The third-order valence-corrected chi connectivity index (χ3v) is 5.25. The van der Waals surface area contributed by atoms with E-state index < -0.39 is 6.09 Å². The van der Waals surface area contributed by atoms with E-state index in [-0.39, 0.29) is 0 Å². The van der Waals surface area contributed by atoms with Crippen molar-refractivity contribution in [2.45, 2.75) is 6.42 Å². The summed E-state index contributed by atoms with van der Waals surface area (Å²) in [6.45, 7) is 5.11. The van der Waals surface area contributed by atoms with Gasteiger partial charge in [-0.15, -0.1) is 0 Å². The first-order valence-corrected chi connectivity index (χ1v) is 9.87. The number of methoxy groups -OCH3 is 2. The minimum atomic E-state index is -0.961. The van der Waals surface area contributed by atoms with Crippen molar-refractivity contribution in [3.63, 3.8) is 0 Å². The molecule has 7 nitrogen and oxygen atoms in total. The Labute approximate surface area is 172 Å². The maximum absolute atomic E-state index is 11.7. The van der Waals surface area contributed by atoms with E-state index in [2.05, 4.69) is 21.9 Å². The fourth-order valence-electron chi connectivity index (χ4n) is 3.66. The lowest BCUT2D eigenvalue weighted by Crippen LogP contribution is -2.47. The van der Waals surface area contributed by atoms with Crippen molar-refractivity contribution in [2.24, 2.45) is 0 Å². The first-order valence-electron chi connectivity index (χ1n) is 9.87. The minimum absolute atomic E-state index is 0.436. The summed E-state index contributed by atoms with van der Waals surface area (Å²) >= 11 is 0. The van der Waals surface area contributed by atoms with Crippen LogP contribution in [-0.2, 0) is 0 Å². The van der Waals surface area contributed by atoms with Crippen molar-refractivity contribution in [1.29, 1.82) is 0 Å². The Morgan fingerprint density at radius 2 is 1.79 bits per heavy atom. The highest BCUT2D eigenvalue weighted by Crippen LogP contribution is 2.28. The summed E-state index contributed by atoms with van der Waals surface area (Å²) in [4.78, 5) is 17.9. The number of ether oxygens (including phenoxy) is 2. The number of para-hydroxylation sites is 2. The highest BCUT2D eigenvalue weighted by Gasteiger charge is 2.20. The van der Waals surface area contributed by atoms with Gasteiger partial charge in [0, 0.05) is 44.5 Å². The topological polar surface area (TPSA) is 65.5 Å². The van der Waals surface area contributed by atoms with Crippen LogP contribution in [0.2, 0.25) is 0 Å². The zero-order valence-electron chi connectivity index (χ0n) is 17.1. The lowest BCUT2D eigenvalue weighted by Gasteiger charge is -2.36. The zero-order chi connectivity index (χ0) is 20.6. The van der Waals surface area contributed by atoms with Crippen LogP contribution in [0.1, 0.15) is 6.42 Å². The standard InChI is InChI=1S/C22H29N3O4/c1-28-19-8-5-7-18(17-19)24-15-13-23(14-16-24)11-6-12-25(22(26)27)20-9-3-4-10-21(20)29-2/h3-5,7-10,17H,6,11-16H2,1-2H3,(H,26,27). The van der Waals surface area contributed by atoms with E-state index in [1.54, 1.807) is 26.4 Å². The molecule has 1 aliphatic heterocycles. The second kappa shape index (κ2) is 10.0. The lowest BCUT2D eigenvalue weighted by molar-refractivity contribution is 0.200. The van der Waals surface area contributed by atoms with Crippen LogP contribution in [0.15, 0.2) is 48.5 Å². The average molecular weight is 399 g/mol. The first kappa shape index (κ1) is 20.8. The Balaban J connectivity index is 1.50. The Kier molecular flexibility index (Phi) is 7.19. The molecule has 0 unspecified atom stereocenters. The summed E-state index contributed by atoms with van der Waals surface area (Å²) < 4.78 is 10.6. The van der Waals surface area contributed by atoms with E-state index in [0.717, 1.165) is 44.9 Å². The molecule has 7 heteroatoms. The van der Waals surface area contributed by atoms with Gasteiger partial charge in [-0.25, -0.2) is 4.79 Å². The average Bonchev–Trinajstić information content (AvgIpc) is 2.77. The van der Waals surface area contributed by atoms with Gasteiger partial charge < -0.3 is 19.5 Å². The molecule has 3 rings (SSSR count). The zero-order valence-corrected chi connectivity index (χ0v) is 17.1. The van der Waals surface area contributed by atoms with Crippen molar-refractivity contribution >= 4 is 17.5 Å². The van der Waals surface area contributed by atoms with Gasteiger partial charge >= 0.3 is 6.09 Å². The lowest BCUT2D eigenvalue weighted by atomic mass is 10.2. The molecule has 0 spiro atoms. The van der Waals surface area contributed by atoms with E-state index in [1.807, 2.05) is 24.3 Å². The molecule has 1 amide bonds. The van der Waals surface area contributed by atoms with Crippen LogP contribution in [0.4, 0.5) is 16.2 Å². The number of benzene rings is 2. The van der Waals surface area contributed by atoms with Crippen LogP contribution in [0.5, 0.6) is 11.5 Å². The molecular weight excluding hydrogens is 370 g/mol. The molecule has 0 radical (unpaired) electrons. The second-order valence-corrected chi connectivity index (χ2v) is 6.99. The Morgan fingerprint density at radius 1 is 1.03 bits per heavy atom. The summed E-state index contributed by atoms with van der Waals surface area (Å²) in [5, 5.41) is 9.63. The molecule has 1 saturated heterocycles. The summed E-state index contributed by atoms with van der Waals surface area (Å²) in [7, 11) is 3.24. The second-order valence-electron chi connectivity index (χ2n) is 6.99. The van der Waals surface area contributed by atoms with Crippen molar-refractivity contribution in [3.05, 3.63) is 48.5 Å². The molecule has 1 N–H and O–H groups in total. The van der Waals surface area contributed by atoms with E-state index in [0.29, 0.717) is 18.0 Å². The van der Waals surface area contributed by atoms with Crippen LogP contribution >= 0.6 is 0 Å². The fourth-order valence-corrected chi connectivity index (χ4v) is 3.66. The van der Waals surface area contributed by atoms with Crippen LogP contribution in [0, 0.1) is 0 Å². The molecule has 156 valence electrons. The van der Waals surface area contributed by atoms with Crippen LogP contribution in [0.25, 0.3) is 0 Å². The largest absolute Gasteiger partial charge is 0.497 e. The van der Waals surface area contributed by atoms with Gasteiger partial charge in [0.2, 0.25) is 0 Å². The normalized spacial score (nSPS) is 14.5. The summed E-state index contributed by atoms with van der Waals surface area (Å²) in [6, 6.07) is 15.4. The highest BCUT2D eigenvalue weighted by atomic mass is 16.5. The Bertz CT molecular complexity index is 806. The third kappa shape index (κ3) is 5.32. The molecule has 2 aromatic carbocycles. The molecule has 29 heavy (non-hydrogen) atoms. The number of carboxylic acid groups (broad SMARTS) is 1. The number of nitrogens with zero attached hydrogens (tertiary/aromatic N) is 3. The van der Waals surface area contributed by atoms with Gasteiger partial charge in [-0.3, -0.25) is 9.80 Å². The van der Waals surface area contributed by atoms with E-state index in [1.165, 1.54) is 10.6 Å². The molecular formula is C22H29N3O4. The van der Waals surface area contributed by atoms with Crippen molar-refractivity contribution in [1.82, 2.24) is 4.90 Å². The molecule has 1 heterocycles. The molecule has 1 aliphatic rings. The molecule has 0 atom stereocenters. The van der Waals surface area contributed by atoms with Crippen molar-refractivity contribution < 1.29 is 19.4 Å².